The summed E-state index contributed by atoms with van der Waals surface area (Å²) in [6, 6.07) is 11.3. The number of benzene rings is 2. The summed E-state index contributed by atoms with van der Waals surface area (Å²) < 4.78 is 29.5. The number of esters is 1. The average molecular weight is 402 g/mol. The Kier molecular flexibility index (Phi) is 5.05. The fourth-order valence-electron chi connectivity index (χ4n) is 3.15. The molecule has 1 aromatic heterocycles. The van der Waals surface area contributed by atoms with Crippen LogP contribution in [-0.4, -0.2) is 17.7 Å². The number of fused-ring (bicyclic) bond motifs is 1. The predicted molar refractivity (Wildman–Crippen MR) is 101 cm³/mol. The van der Waals surface area contributed by atoms with Gasteiger partial charge in [0.05, 0.1) is 5.92 Å². The molecule has 0 fully saturated rings. The minimum atomic E-state index is -0.408. The second-order valence-corrected chi connectivity index (χ2v) is 7.10. The van der Waals surface area contributed by atoms with Gasteiger partial charge >= 0.3 is 5.97 Å². The van der Waals surface area contributed by atoms with E-state index in [1.165, 1.54) is 12.1 Å². The van der Waals surface area contributed by atoms with Crippen molar-refractivity contribution in [3.63, 3.8) is 0 Å². The molecule has 0 saturated heterocycles. The van der Waals surface area contributed by atoms with E-state index in [9.17, 15) is 9.18 Å². The molecular weight excluding hydrogens is 385 g/mol. The van der Waals surface area contributed by atoms with Crippen LogP contribution in [0, 0.1) is 18.7 Å². The predicted octanol–water partition coefficient (Wildman–Crippen LogP) is 4.74. The van der Waals surface area contributed by atoms with E-state index >= 15 is 0 Å². The minimum Gasteiger partial charge on any atom is -0.492 e. The lowest BCUT2D eigenvalue weighted by molar-refractivity contribution is -0.151. The Morgan fingerprint density at radius 2 is 2.07 bits per heavy atom. The molecule has 2 heterocycles. The smallest absolute Gasteiger partial charge is 0.313 e. The maximum atomic E-state index is 13.1. The maximum Gasteiger partial charge on any atom is 0.313 e. The van der Waals surface area contributed by atoms with Gasteiger partial charge in [0.25, 0.3) is 0 Å². The molecule has 3 aromatic rings. The van der Waals surface area contributed by atoms with Gasteiger partial charge in [-0.15, -0.1) is 0 Å². The summed E-state index contributed by atoms with van der Waals surface area (Å²) >= 11 is 6.01. The molecule has 2 aromatic carbocycles. The molecule has 0 spiro atoms. The lowest BCUT2D eigenvalue weighted by atomic mass is 9.97. The van der Waals surface area contributed by atoms with Crippen LogP contribution in [0.5, 0.6) is 5.75 Å². The van der Waals surface area contributed by atoms with Gasteiger partial charge in [0.15, 0.2) is 5.76 Å². The van der Waals surface area contributed by atoms with Crippen molar-refractivity contribution >= 4 is 17.6 Å². The van der Waals surface area contributed by atoms with Crippen molar-refractivity contribution in [2.45, 2.75) is 20.0 Å². The number of rotatable bonds is 4. The molecule has 0 radical (unpaired) electrons. The van der Waals surface area contributed by atoms with Gasteiger partial charge in [0.2, 0.25) is 0 Å². The Morgan fingerprint density at radius 3 is 2.86 bits per heavy atom. The quantitative estimate of drug-likeness (QED) is 0.591. The van der Waals surface area contributed by atoms with E-state index in [0.717, 1.165) is 16.9 Å². The number of halogens is 2. The zero-order valence-electron chi connectivity index (χ0n) is 15.1. The second kappa shape index (κ2) is 7.64. The first-order chi connectivity index (χ1) is 13.5. The van der Waals surface area contributed by atoms with Crippen LogP contribution >= 0.6 is 11.6 Å². The van der Waals surface area contributed by atoms with E-state index in [2.05, 4.69) is 5.16 Å². The van der Waals surface area contributed by atoms with Crippen LogP contribution in [0.4, 0.5) is 4.39 Å². The molecule has 0 saturated carbocycles. The second-order valence-electron chi connectivity index (χ2n) is 6.66. The van der Waals surface area contributed by atoms with E-state index in [-0.39, 0.29) is 25.0 Å². The van der Waals surface area contributed by atoms with Crippen LogP contribution in [0.25, 0.3) is 11.3 Å². The van der Waals surface area contributed by atoms with Crippen LogP contribution in [0.1, 0.15) is 16.8 Å². The van der Waals surface area contributed by atoms with Gasteiger partial charge in [0.1, 0.15) is 30.5 Å². The highest BCUT2D eigenvalue weighted by molar-refractivity contribution is 6.30. The van der Waals surface area contributed by atoms with Crippen molar-refractivity contribution in [2.75, 3.05) is 6.61 Å². The van der Waals surface area contributed by atoms with Crippen molar-refractivity contribution in [3.8, 4) is 17.1 Å². The van der Waals surface area contributed by atoms with Crippen molar-refractivity contribution in [2.24, 2.45) is 5.92 Å². The molecule has 0 N–H and O–H groups in total. The molecule has 7 heteroatoms. The summed E-state index contributed by atoms with van der Waals surface area (Å²) in [6.45, 7) is 2.07. The molecule has 4 rings (SSSR count). The topological polar surface area (TPSA) is 61.6 Å². The fraction of sp³-hybridized carbons (Fsp3) is 0.238. The molecule has 5 nitrogen and oxygen atoms in total. The Morgan fingerprint density at radius 1 is 1.29 bits per heavy atom. The number of aromatic nitrogens is 1. The summed E-state index contributed by atoms with van der Waals surface area (Å²) in [5, 5.41) is 4.58. The molecule has 144 valence electrons. The van der Waals surface area contributed by atoms with Crippen LogP contribution < -0.4 is 4.74 Å². The number of hydrogen-bond acceptors (Lipinski definition) is 5. The van der Waals surface area contributed by atoms with Gasteiger partial charge < -0.3 is 14.0 Å². The Labute approximate surface area is 166 Å². The molecule has 1 aliphatic heterocycles. The average Bonchev–Trinajstić information content (AvgIpc) is 3.06. The monoisotopic (exact) mass is 401 g/mol. The molecule has 1 atom stereocenters. The SMILES string of the molecule is Cc1c(COC(=O)[C@@H]2COc3ccc(Cl)cc3C2)noc1-c1ccc(F)cc1. The zero-order valence-corrected chi connectivity index (χ0v) is 15.8. The van der Waals surface area contributed by atoms with E-state index in [1.54, 1.807) is 30.3 Å². The number of hydrogen-bond donors (Lipinski definition) is 0. The van der Waals surface area contributed by atoms with Crippen LogP contribution in [0.3, 0.4) is 0 Å². The molecule has 28 heavy (non-hydrogen) atoms. The van der Waals surface area contributed by atoms with E-state index in [4.69, 9.17) is 25.6 Å². The van der Waals surface area contributed by atoms with E-state index in [0.29, 0.717) is 28.5 Å². The third-order valence-electron chi connectivity index (χ3n) is 4.74. The molecule has 0 bridgehead atoms. The highest BCUT2D eigenvalue weighted by atomic mass is 35.5. The fourth-order valence-corrected chi connectivity index (χ4v) is 3.34. The summed E-state index contributed by atoms with van der Waals surface area (Å²) in [5.74, 6) is 0.166. The number of carbonyl (C=O) groups excluding carboxylic acids is 1. The van der Waals surface area contributed by atoms with Crippen molar-refractivity contribution in [1.29, 1.82) is 0 Å². The normalized spacial score (nSPS) is 15.6. The third kappa shape index (κ3) is 3.73. The van der Waals surface area contributed by atoms with Crippen LogP contribution in [0.15, 0.2) is 47.0 Å². The molecular formula is C21H17ClFNO4. The third-order valence-corrected chi connectivity index (χ3v) is 4.98. The first-order valence-electron chi connectivity index (χ1n) is 8.80. The first-order valence-corrected chi connectivity index (χ1v) is 9.18. The highest BCUT2D eigenvalue weighted by Crippen LogP contribution is 2.31. The Balaban J connectivity index is 1.41. The van der Waals surface area contributed by atoms with Gasteiger partial charge in [-0.2, -0.15) is 0 Å². The van der Waals surface area contributed by atoms with Crippen LogP contribution in [-0.2, 0) is 22.6 Å². The van der Waals surface area contributed by atoms with Gasteiger partial charge in [-0.25, -0.2) is 4.39 Å². The Bertz CT molecular complexity index is 1020. The Hall–Kier alpha value is -2.86. The lowest BCUT2D eigenvalue weighted by Gasteiger charge is -2.24. The summed E-state index contributed by atoms with van der Waals surface area (Å²) in [7, 11) is 0. The number of ether oxygens (including phenoxy) is 2. The van der Waals surface area contributed by atoms with Gasteiger partial charge in [-0.3, -0.25) is 4.79 Å². The van der Waals surface area contributed by atoms with Crippen LogP contribution in [0.2, 0.25) is 5.02 Å². The molecule has 0 unspecified atom stereocenters. The van der Waals surface area contributed by atoms with E-state index in [1.807, 2.05) is 6.92 Å². The van der Waals surface area contributed by atoms with Crippen molar-refractivity contribution < 1.29 is 23.2 Å². The number of carbonyl (C=O) groups is 1. The van der Waals surface area contributed by atoms with Crippen molar-refractivity contribution in [3.05, 3.63) is 70.1 Å². The van der Waals surface area contributed by atoms with Gasteiger partial charge in [0, 0.05) is 16.1 Å². The first kappa shape index (κ1) is 18.5. The van der Waals surface area contributed by atoms with E-state index < -0.39 is 5.92 Å². The maximum absolute atomic E-state index is 13.1. The summed E-state index contributed by atoms with van der Waals surface area (Å²) in [6.07, 6.45) is 0.507. The highest BCUT2D eigenvalue weighted by Gasteiger charge is 2.28. The molecule has 1 aliphatic rings. The summed E-state index contributed by atoms with van der Waals surface area (Å²) in [4.78, 5) is 12.5. The molecule has 0 amide bonds. The lowest BCUT2D eigenvalue weighted by Crippen LogP contribution is -2.29. The largest absolute Gasteiger partial charge is 0.492 e. The molecule has 0 aliphatic carbocycles. The number of nitrogens with zero attached hydrogens (tertiary/aromatic N) is 1. The summed E-state index contributed by atoms with van der Waals surface area (Å²) in [5.41, 5.74) is 2.86. The van der Waals surface area contributed by atoms with Gasteiger partial charge in [-0.1, -0.05) is 16.8 Å². The van der Waals surface area contributed by atoms with Crippen molar-refractivity contribution in [1.82, 2.24) is 5.16 Å². The standard InChI is InChI=1S/C21H17ClFNO4/c1-12-18(24-28-20(12)13-2-5-17(23)6-3-13)11-27-21(25)15-8-14-9-16(22)4-7-19(14)26-10-15/h2-7,9,15H,8,10-11H2,1H3/t15-/m0/s1. The minimum absolute atomic E-state index is 0.00569. The van der Waals surface area contributed by atoms with Gasteiger partial charge in [-0.05, 0) is 61.4 Å². The zero-order chi connectivity index (χ0) is 19.7.